The van der Waals surface area contributed by atoms with Crippen LogP contribution in [0.4, 0.5) is 4.39 Å². The largest absolute Gasteiger partial charge is 0.392 e. The highest BCUT2D eigenvalue weighted by Crippen LogP contribution is 2.16. The van der Waals surface area contributed by atoms with Gasteiger partial charge in [0.15, 0.2) is 5.82 Å². The van der Waals surface area contributed by atoms with Crippen LogP contribution in [-0.2, 0) is 6.61 Å². The van der Waals surface area contributed by atoms with Crippen LogP contribution in [0.1, 0.15) is 5.56 Å². The summed E-state index contributed by atoms with van der Waals surface area (Å²) in [4.78, 5) is 4.89. The fourth-order valence-electron chi connectivity index (χ4n) is 1.74. The first kappa shape index (κ1) is 12.4. The minimum absolute atomic E-state index is 0.0915. The van der Waals surface area contributed by atoms with Crippen LogP contribution in [0.3, 0.4) is 0 Å². The Labute approximate surface area is 113 Å². The van der Waals surface area contributed by atoms with E-state index in [4.69, 9.17) is 5.11 Å². The molecule has 0 fully saturated rings. The minimum Gasteiger partial charge on any atom is -0.392 e. The third-order valence-electron chi connectivity index (χ3n) is 2.76. The van der Waals surface area contributed by atoms with Gasteiger partial charge in [-0.05, 0) is 11.3 Å². The van der Waals surface area contributed by atoms with Gasteiger partial charge in [0.1, 0.15) is 0 Å². The summed E-state index contributed by atoms with van der Waals surface area (Å²) in [6.45, 7) is -0.415. The van der Waals surface area contributed by atoms with E-state index in [0.29, 0.717) is 5.82 Å². The number of aliphatic hydroxyl groups excluding tert-OH is 1. The second kappa shape index (κ2) is 5.14. The van der Waals surface area contributed by atoms with Crippen molar-refractivity contribution in [1.29, 1.82) is 0 Å². The normalized spacial score (nSPS) is 10.7. The van der Waals surface area contributed by atoms with E-state index in [1.165, 1.54) is 12.3 Å². The molecule has 0 saturated heterocycles. The summed E-state index contributed by atoms with van der Waals surface area (Å²) in [5.41, 5.74) is 0.908. The third-order valence-corrected chi connectivity index (χ3v) is 2.76. The number of nitrogens with zero attached hydrogens (tertiary/aromatic N) is 5. The SMILES string of the molecule is OCc1ccnc(-n2nnc(-c3ccccc3)n2)c1F. The number of benzene rings is 1. The van der Waals surface area contributed by atoms with Crippen molar-refractivity contribution >= 4 is 0 Å². The van der Waals surface area contributed by atoms with Gasteiger partial charge >= 0.3 is 0 Å². The molecule has 0 spiro atoms. The number of rotatable bonds is 3. The zero-order valence-corrected chi connectivity index (χ0v) is 10.3. The maximum atomic E-state index is 14.0. The molecule has 1 N–H and O–H groups in total. The lowest BCUT2D eigenvalue weighted by atomic mass is 10.2. The predicted molar refractivity (Wildman–Crippen MR) is 68.3 cm³/mol. The number of aliphatic hydroxyl groups is 1. The molecule has 3 rings (SSSR count). The maximum Gasteiger partial charge on any atom is 0.212 e. The molecule has 0 atom stereocenters. The Hall–Kier alpha value is -2.67. The van der Waals surface area contributed by atoms with Crippen LogP contribution in [0, 0.1) is 5.82 Å². The van der Waals surface area contributed by atoms with E-state index in [1.807, 2.05) is 30.3 Å². The molecule has 1 aromatic carbocycles. The Balaban J connectivity index is 2.03. The molecule has 0 aliphatic heterocycles. The van der Waals surface area contributed by atoms with Crippen LogP contribution < -0.4 is 0 Å². The minimum atomic E-state index is -0.660. The molecule has 0 saturated carbocycles. The van der Waals surface area contributed by atoms with Gasteiger partial charge in [0.2, 0.25) is 11.6 Å². The van der Waals surface area contributed by atoms with E-state index >= 15 is 0 Å². The molecule has 7 heteroatoms. The second-order valence-corrected chi connectivity index (χ2v) is 4.03. The lowest BCUT2D eigenvalue weighted by Gasteiger charge is -2.02. The molecule has 0 bridgehead atoms. The molecule has 3 aromatic rings. The molecule has 0 radical (unpaired) electrons. The molecule has 0 aliphatic rings. The second-order valence-electron chi connectivity index (χ2n) is 4.03. The van der Waals surface area contributed by atoms with Gasteiger partial charge in [-0.25, -0.2) is 9.37 Å². The van der Waals surface area contributed by atoms with Gasteiger partial charge in [-0.3, -0.25) is 0 Å². The van der Waals surface area contributed by atoms with Crippen molar-refractivity contribution in [2.45, 2.75) is 6.61 Å². The zero-order chi connectivity index (χ0) is 13.9. The van der Waals surface area contributed by atoms with E-state index in [0.717, 1.165) is 10.4 Å². The van der Waals surface area contributed by atoms with E-state index in [2.05, 4.69) is 20.4 Å². The van der Waals surface area contributed by atoms with Crippen LogP contribution in [0.2, 0.25) is 0 Å². The molecule has 0 amide bonds. The topological polar surface area (TPSA) is 76.7 Å². The average molecular weight is 271 g/mol. The molecule has 2 heterocycles. The summed E-state index contributed by atoms with van der Waals surface area (Å²) in [6.07, 6.45) is 1.38. The Morgan fingerprint density at radius 2 is 1.95 bits per heavy atom. The van der Waals surface area contributed by atoms with Crippen molar-refractivity contribution in [2.24, 2.45) is 0 Å². The van der Waals surface area contributed by atoms with E-state index < -0.39 is 12.4 Å². The molecular formula is C13H10FN5O. The number of hydrogen-bond acceptors (Lipinski definition) is 5. The maximum absolute atomic E-state index is 14.0. The molecule has 6 nitrogen and oxygen atoms in total. The van der Waals surface area contributed by atoms with E-state index in [1.54, 1.807) is 0 Å². The lowest BCUT2D eigenvalue weighted by molar-refractivity contribution is 0.275. The van der Waals surface area contributed by atoms with E-state index in [9.17, 15) is 4.39 Å². The molecular weight excluding hydrogens is 261 g/mol. The molecule has 20 heavy (non-hydrogen) atoms. The van der Waals surface area contributed by atoms with Crippen LogP contribution in [0.25, 0.3) is 17.2 Å². The molecule has 0 aliphatic carbocycles. The lowest BCUT2D eigenvalue weighted by Crippen LogP contribution is -2.07. The molecule has 2 aromatic heterocycles. The summed E-state index contributed by atoms with van der Waals surface area (Å²) in [6, 6.07) is 10.6. The van der Waals surface area contributed by atoms with E-state index in [-0.39, 0.29) is 11.4 Å². The summed E-state index contributed by atoms with van der Waals surface area (Å²) >= 11 is 0. The Morgan fingerprint density at radius 3 is 2.70 bits per heavy atom. The Bertz CT molecular complexity index is 729. The average Bonchev–Trinajstić information content (AvgIpc) is 2.98. The first-order valence-electron chi connectivity index (χ1n) is 5.89. The van der Waals surface area contributed by atoms with Crippen molar-refractivity contribution in [3.05, 3.63) is 54.0 Å². The summed E-state index contributed by atoms with van der Waals surface area (Å²) in [7, 11) is 0. The highest BCUT2D eigenvalue weighted by molar-refractivity contribution is 5.53. The van der Waals surface area contributed by atoms with Crippen molar-refractivity contribution in [1.82, 2.24) is 25.2 Å². The molecule has 100 valence electrons. The summed E-state index contributed by atoms with van der Waals surface area (Å²) in [5, 5.41) is 20.8. The van der Waals surface area contributed by atoms with Gasteiger partial charge in [-0.15, -0.1) is 15.0 Å². The van der Waals surface area contributed by atoms with Gasteiger partial charge in [-0.2, -0.15) is 0 Å². The molecule has 0 unspecified atom stereocenters. The predicted octanol–water partition coefficient (Wildman–Crippen LogP) is 1.36. The number of aromatic nitrogens is 5. The number of hydrogen-bond donors (Lipinski definition) is 1. The summed E-state index contributed by atoms with van der Waals surface area (Å²) < 4.78 is 14.0. The highest BCUT2D eigenvalue weighted by Gasteiger charge is 2.14. The monoisotopic (exact) mass is 271 g/mol. The Kier molecular flexibility index (Phi) is 3.18. The number of tetrazole rings is 1. The Morgan fingerprint density at radius 1 is 1.15 bits per heavy atom. The quantitative estimate of drug-likeness (QED) is 0.778. The van der Waals surface area contributed by atoms with Crippen molar-refractivity contribution in [3.63, 3.8) is 0 Å². The van der Waals surface area contributed by atoms with Crippen LogP contribution in [-0.4, -0.2) is 30.3 Å². The van der Waals surface area contributed by atoms with Gasteiger partial charge in [0.05, 0.1) is 6.61 Å². The smallest absolute Gasteiger partial charge is 0.212 e. The highest BCUT2D eigenvalue weighted by atomic mass is 19.1. The van der Waals surface area contributed by atoms with Crippen LogP contribution >= 0.6 is 0 Å². The number of pyridine rings is 1. The van der Waals surface area contributed by atoms with Crippen LogP contribution in [0.5, 0.6) is 0 Å². The van der Waals surface area contributed by atoms with Gasteiger partial charge in [-0.1, -0.05) is 30.3 Å². The van der Waals surface area contributed by atoms with Gasteiger partial charge in [0, 0.05) is 17.3 Å². The standard InChI is InChI=1S/C13H10FN5O/c14-11-10(8-20)6-7-15-13(11)19-17-12(16-18-19)9-4-2-1-3-5-9/h1-7,20H,8H2. The van der Waals surface area contributed by atoms with Crippen molar-refractivity contribution in [3.8, 4) is 17.2 Å². The van der Waals surface area contributed by atoms with Crippen molar-refractivity contribution in [2.75, 3.05) is 0 Å². The van der Waals surface area contributed by atoms with Crippen molar-refractivity contribution < 1.29 is 9.50 Å². The third kappa shape index (κ3) is 2.14. The van der Waals surface area contributed by atoms with Crippen LogP contribution in [0.15, 0.2) is 42.6 Å². The fraction of sp³-hybridized carbons (Fsp3) is 0.0769. The summed E-state index contributed by atoms with van der Waals surface area (Å²) in [5.74, 6) is -0.376. The first-order valence-corrected chi connectivity index (χ1v) is 5.89. The zero-order valence-electron chi connectivity index (χ0n) is 10.3. The first-order chi connectivity index (χ1) is 9.79. The van der Waals surface area contributed by atoms with Gasteiger partial charge < -0.3 is 5.11 Å². The fourth-order valence-corrected chi connectivity index (χ4v) is 1.74. The number of halogens is 1. The van der Waals surface area contributed by atoms with Gasteiger partial charge in [0.25, 0.3) is 0 Å².